The van der Waals surface area contributed by atoms with Crippen LogP contribution in [0.25, 0.3) is 0 Å². The van der Waals surface area contributed by atoms with Crippen molar-refractivity contribution in [3.8, 4) is 11.5 Å². The van der Waals surface area contributed by atoms with Crippen LogP contribution in [0.5, 0.6) is 11.5 Å². The number of aryl methyl sites for hydroxylation is 4. The number of hydrogen-bond donors (Lipinski definition) is 1. The standard InChI is InChI=1S/C34H43FN2O3/c1-21-13-28(14-22(2)32(21)39)34(7,8)29-15-23(3)33(24(4)16-29)40-20-31(38)37-18-25(5)36(17-26(37)6)19-27-9-11-30(35)12-10-27/h9-16,25-26,39H,17-20H2,1-8H3/t25-,26+/m1/s1. The highest BCUT2D eigenvalue weighted by atomic mass is 19.1. The number of piperazine rings is 1. The molecule has 3 aromatic rings. The smallest absolute Gasteiger partial charge is 0.260 e. The predicted octanol–water partition coefficient (Wildman–Crippen LogP) is 6.59. The van der Waals surface area contributed by atoms with Crippen molar-refractivity contribution in [1.29, 1.82) is 0 Å². The fourth-order valence-corrected chi connectivity index (χ4v) is 5.83. The van der Waals surface area contributed by atoms with Crippen LogP contribution in [-0.4, -0.2) is 52.6 Å². The van der Waals surface area contributed by atoms with Gasteiger partial charge in [0.15, 0.2) is 6.61 Å². The zero-order valence-electron chi connectivity index (χ0n) is 25.1. The molecule has 4 rings (SSSR count). The van der Waals surface area contributed by atoms with E-state index in [-0.39, 0.29) is 35.8 Å². The van der Waals surface area contributed by atoms with Crippen molar-refractivity contribution < 1.29 is 19.0 Å². The molecule has 0 spiro atoms. The van der Waals surface area contributed by atoms with Crippen molar-refractivity contribution in [2.75, 3.05) is 19.7 Å². The lowest BCUT2D eigenvalue weighted by atomic mass is 9.76. The van der Waals surface area contributed by atoms with Gasteiger partial charge >= 0.3 is 0 Å². The molecule has 1 saturated heterocycles. The number of halogens is 1. The summed E-state index contributed by atoms with van der Waals surface area (Å²) in [7, 11) is 0. The maximum atomic E-state index is 13.3. The highest BCUT2D eigenvalue weighted by Crippen LogP contribution is 2.38. The Bertz CT molecular complexity index is 1340. The number of rotatable bonds is 7. The Morgan fingerprint density at radius 3 is 1.98 bits per heavy atom. The van der Waals surface area contributed by atoms with E-state index in [1.807, 2.05) is 44.7 Å². The van der Waals surface area contributed by atoms with Crippen LogP contribution in [0.15, 0.2) is 48.5 Å². The summed E-state index contributed by atoms with van der Waals surface area (Å²) in [5.41, 5.74) is 6.82. The van der Waals surface area contributed by atoms with Crippen LogP contribution >= 0.6 is 0 Å². The summed E-state index contributed by atoms with van der Waals surface area (Å²) in [6.45, 7) is 18.6. The molecule has 0 unspecified atom stereocenters. The molecule has 5 nitrogen and oxygen atoms in total. The molecule has 1 amide bonds. The first-order valence-corrected chi connectivity index (χ1v) is 14.1. The molecule has 1 fully saturated rings. The maximum Gasteiger partial charge on any atom is 0.260 e. The molecule has 1 N–H and O–H groups in total. The van der Waals surface area contributed by atoms with Gasteiger partial charge in [0.2, 0.25) is 0 Å². The molecule has 0 radical (unpaired) electrons. The number of aromatic hydroxyl groups is 1. The van der Waals surface area contributed by atoms with Crippen LogP contribution in [0, 0.1) is 33.5 Å². The second-order valence-corrected chi connectivity index (χ2v) is 12.1. The minimum absolute atomic E-state index is 0.00417. The average molecular weight is 547 g/mol. The predicted molar refractivity (Wildman–Crippen MR) is 159 cm³/mol. The quantitative estimate of drug-likeness (QED) is 0.363. The third-order valence-electron chi connectivity index (χ3n) is 8.47. The van der Waals surface area contributed by atoms with E-state index in [0.29, 0.717) is 12.3 Å². The number of nitrogens with zero attached hydrogens (tertiary/aromatic N) is 2. The second kappa shape index (κ2) is 11.6. The van der Waals surface area contributed by atoms with Crippen LogP contribution in [0.3, 0.4) is 0 Å². The molecule has 214 valence electrons. The first-order chi connectivity index (χ1) is 18.8. The number of amides is 1. The number of carbonyl (C=O) groups excluding carboxylic acids is 1. The number of benzene rings is 3. The molecule has 2 atom stereocenters. The molecule has 0 bridgehead atoms. The van der Waals surface area contributed by atoms with Crippen LogP contribution in [0.2, 0.25) is 0 Å². The molecule has 1 aliphatic rings. The van der Waals surface area contributed by atoms with Gasteiger partial charge in [-0.25, -0.2) is 4.39 Å². The van der Waals surface area contributed by atoms with E-state index in [4.69, 9.17) is 4.74 Å². The molecule has 1 aliphatic heterocycles. The van der Waals surface area contributed by atoms with Gasteiger partial charge in [-0.3, -0.25) is 9.69 Å². The summed E-state index contributed by atoms with van der Waals surface area (Å²) in [5, 5.41) is 10.2. The van der Waals surface area contributed by atoms with Crippen molar-refractivity contribution >= 4 is 5.91 Å². The minimum Gasteiger partial charge on any atom is -0.507 e. The summed E-state index contributed by atoms with van der Waals surface area (Å²) >= 11 is 0. The van der Waals surface area contributed by atoms with Gasteiger partial charge in [0.1, 0.15) is 17.3 Å². The highest BCUT2D eigenvalue weighted by Gasteiger charge is 2.32. The molecular weight excluding hydrogens is 503 g/mol. The zero-order chi connectivity index (χ0) is 29.4. The van der Waals surface area contributed by atoms with Crippen molar-refractivity contribution in [1.82, 2.24) is 9.80 Å². The highest BCUT2D eigenvalue weighted by molar-refractivity contribution is 5.78. The average Bonchev–Trinajstić information content (AvgIpc) is 2.89. The number of ether oxygens (including phenoxy) is 1. The number of phenolic OH excluding ortho intramolecular Hbond substituents is 1. The lowest BCUT2D eigenvalue weighted by Crippen LogP contribution is -2.58. The Balaban J connectivity index is 1.42. The van der Waals surface area contributed by atoms with Crippen LogP contribution < -0.4 is 4.74 Å². The monoisotopic (exact) mass is 546 g/mol. The Morgan fingerprint density at radius 2 is 1.43 bits per heavy atom. The molecule has 0 saturated carbocycles. The Hall–Kier alpha value is -3.38. The molecule has 6 heteroatoms. The summed E-state index contributed by atoms with van der Waals surface area (Å²) in [4.78, 5) is 17.5. The van der Waals surface area contributed by atoms with E-state index >= 15 is 0 Å². The van der Waals surface area contributed by atoms with E-state index in [1.165, 1.54) is 12.1 Å². The van der Waals surface area contributed by atoms with E-state index in [1.54, 1.807) is 0 Å². The summed E-state index contributed by atoms with van der Waals surface area (Å²) in [6, 6.07) is 15.3. The van der Waals surface area contributed by atoms with Crippen molar-refractivity contribution in [2.24, 2.45) is 0 Å². The SMILES string of the molecule is Cc1cc(C(C)(C)c2cc(C)c(OCC(=O)N3C[C@@H](C)N(Cc4ccc(F)cc4)C[C@@H]3C)c(C)c2)cc(C)c1O. The summed E-state index contributed by atoms with van der Waals surface area (Å²) in [5.74, 6) is 0.853. The van der Waals surface area contributed by atoms with E-state index in [2.05, 4.69) is 56.9 Å². The zero-order valence-corrected chi connectivity index (χ0v) is 25.1. The van der Waals surface area contributed by atoms with Crippen molar-refractivity contribution in [3.63, 3.8) is 0 Å². The number of carbonyl (C=O) groups is 1. The van der Waals surface area contributed by atoms with E-state index < -0.39 is 0 Å². The van der Waals surface area contributed by atoms with Gasteiger partial charge in [0, 0.05) is 37.1 Å². The van der Waals surface area contributed by atoms with Gasteiger partial charge in [0.25, 0.3) is 5.91 Å². The molecule has 3 aromatic carbocycles. The normalized spacial score (nSPS) is 18.2. The number of phenols is 1. The van der Waals surface area contributed by atoms with Crippen LogP contribution in [-0.2, 0) is 16.8 Å². The Morgan fingerprint density at radius 1 is 0.900 bits per heavy atom. The van der Waals surface area contributed by atoms with E-state index in [0.717, 1.165) is 57.8 Å². The topological polar surface area (TPSA) is 53.0 Å². The van der Waals surface area contributed by atoms with Crippen LogP contribution in [0.4, 0.5) is 4.39 Å². The third-order valence-corrected chi connectivity index (χ3v) is 8.47. The van der Waals surface area contributed by atoms with Crippen molar-refractivity contribution in [2.45, 2.75) is 79.4 Å². The molecule has 40 heavy (non-hydrogen) atoms. The Kier molecular flexibility index (Phi) is 8.60. The molecule has 1 heterocycles. The lowest BCUT2D eigenvalue weighted by Gasteiger charge is -2.44. The first-order valence-electron chi connectivity index (χ1n) is 14.1. The number of hydrogen-bond acceptors (Lipinski definition) is 4. The lowest BCUT2D eigenvalue weighted by molar-refractivity contribution is -0.139. The summed E-state index contributed by atoms with van der Waals surface area (Å²) < 4.78 is 19.4. The van der Waals surface area contributed by atoms with E-state index in [9.17, 15) is 14.3 Å². The fourth-order valence-electron chi connectivity index (χ4n) is 5.83. The van der Waals surface area contributed by atoms with Gasteiger partial charge < -0.3 is 14.7 Å². The minimum atomic E-state index is -0.272. The molecule has 0 aromatic heterocycles. The molecular formula is C34H43FN2O3. The van der Waals surface area contributed by atoms with Gasteiger partial charge in [-0.15, -0.1) is 0 Å². The van der Waals surface area contributed by atoms with Gasteiger partial charge in [-0.1, -0.05) is 50.2 Å². The van der Waals surface area contributed by atoms with Gasteiger partial charge in [0.05, 0.1) is 0 Å². The maximum absolute atomic E-state index is 13.3. The fraction of sp³-hybridized carbons (Fsp3) is 0.441. The second-order valence-electron chi connectivity index (χ2n) is 12.1. The van der Waals surface area contributed by atoms with Gasteiger partial charge in [-0.2, -0.15) is 0 Å². The van der Waals surface area contributed by atoms with Crippen molar-refractivity contribution in [3.05, 3.63) is 93.3 Å². The van der Waals surface area contributed by atoms with Gasteiger partial charge in [-0.05, 0) is 92.6 Å². The first kappa shape index (κ1) is 29.6. The van der Waals surface area contributed by atoms with Crippen LogP contribution in [0.1, 0.15) is 66.6 Å². The Labute approximate surface area is 238 Å². The third kappa shape index (κ3) is 6.17. The molecule has 0 aliphatic carbocycles. The summed E-state index contributed by atoms with van der Waals surface area (Å²) in [6.07, 6.45) is 0. The largest absolute Gasteiger partial charge is 0.507 e.